The van der Waals surface area contributed by atoms with Crippen LogP contribution in [0.1, 0.15) is 57.2 Å². The molecule has 0 radical (unpaired) electrons. The molecule has 31 heavy (non-hydrogen) atoms. The molecule has 2 unspecified atom stereocenters. The van der Waals surface area contributed by atoms with E-state index in [0.29, 0.717) is 12.0 Å². The molecule has 0 saturated heterocycles. The number of fused-ring (bicyclic) bond motifs is 3. The van der Waals surface area contributed by atoms with Gasteiger partial charge in [0.2, 0.25) is 0 Å². The minimum Gasteiger partial charge on any atom is -0.381 e. The summed E-state index contributed by atoms with van der Waals surface area (Å²) in [5.41, 5.74) is 5.17. The number of nitriles is 1. The second-order valence-electron chi connectivity index (χ2n) is 10.3. The number of ether oxygens (including phenoxy) is 1. The van der Waals surface area contributed by atoms with Crippen molar-refractivity contribution in [2.45, 2.75) is 64.3 Å². The molecule has 5 atom stereocenters. The maximum absolute atomic E-state index is 14.6. The van der Waals surface area contributed by atoms with Gasteiger partial charge in [0.25, 0.3) is 5.91 Å². The normalized spacial score (nSPS) is 34.9. The quantitative estimate of drug-likeness (QED) is 0.803. The number of guanidine groups is 1. The second kappa shape index (κ2) is 7.03. The van der Waals surface area contributed by atoms with Crippen molar-refractivity contribution in [2.24, 2.45) is 28.0 Å². The molecule has 6 nitrogen and oxygen atoms in total. The van der Waals surface area contributed by atoms with Crippen molar-refractivity contribution >= 4 is 11.9 Å². The smallest absolute Gasteiger partial charge is 0.262 e. The monoisotopic (exact) mass is 426 g/mol. The average molecular weight is 427 g/mol. The van der Waals surface area contributed by atoms with E-state index in [2.05, 4.69) is 19.9 Å². The topological polar surface area (TPSA) is 91.7 Å². The molecule has 3 aliphatic rings. The van der Waals surface area contributed by atoms with Crippen LogP contribution >= 0.6 is 0 Å². The van der Waals surface area contributed by atoms with Gasteiger partial charge >= 0.3 is 0 Å². The molecule has 1 aromatic rings. The predicted octanol–water partition coefficient (Wildman–Crippen LogP) is 3.28. The number of amides is 1. The third kappa shape index (κ3) is 3.07. The number of hydrogen-bond donors (Lipinski definition) is 1. The first-order chi connectivity index (χ1) is 14.5. The molecule has 2 N–H and O–H groups in total. The maximum Gasteiger partial charge on any atom is 0.262 e. The first-order valence-electron chi connectivity index (χ1n) is 10.9. The molecule has 7 heteroatoms. The van der Waals surface area contributed by atoms with Gasteiger partial charge in [-0.05, 0) is 68.2 Å². The van der Waals surface area contributed by atoms with Crippen LogP contribution in [0.25, 0.3) is 0 Å². The zero-order valence-electron chi connectivity index (χ0n) is 18.9. The summed E-state index contributed by atoms with van der Waals surface area (Å²) in [5.74, 6) is 0.205. The Bertz CT molecular complexity index is 980. The van der Waals surface area contributed by atoms with E-state index in [1.807, 2.05) is 6.07 Å². The molecule has 1 aliphatic heterocycles. The molecule has 1 aromatic carbocycles. The maximum atomic E-state index is 14.6. The van der Waals surface area contributed by atoms with Crippen LogP contribution in [-0.4, -0.2) is 42.2 Å². The molecule has 1 fully saturated rings. The lowest BCUT2D eigenvalue weighted by Crippen LogP contribution is -2.56. The number of aliphatic imine (C=N–C) groups is 1. The third-order valence-electron chi connectivity index (χ3n) is 7.39. The highest BCUT2D eigenvalue weighted by atomic mass is 19.1. The lowest BCUT2D eigenvalue weighted by Gasteiger charge is -2.50. The first-order valence-corrected chi connectivity index (χ1v) is 10.9. The number of carbonyl (C=O) groups is 1. The van der Waals surface area contributed by atoms with Gasteiger partial charge in [-0.1, -0.05) is 19.9 Å². The minimum atomic E-state index is -1.61. The van der Waals surface area contributed by atoms with E-state index < -0.39 is 16.6 Å². The molecule has 2 aliphatic carbocycles. The summed E-state index contributed by atoms with van der Waals surface area (Å²) < 4.78 is 20.3. The van der Waals surface area contributed by atoms with Crippen molar-refractivity contribution in [1.82, 2.24) is 4.90 Å². The zero-order chi connectivity index (χ0) is 22.8. The minimum absolute atomic E-state index is 0.0551. The van der Waals surface area contributed by atoms with E-state index in [9.17, 15) is 14.4 Å². The summed E-state index contributed by atoms with van der Waals surface area (Å²) in [6.45, 7) is 7.01. The van der Waals surface area contributed by atoms with E-state index in [4.69, 9.17) is 15.5 Å². The Morgan fingerprint density at radius 3 is 2.55 bits per heavy atom. The Hall–Kier alpha value is -2.46. The van der Waals surface area contributed by atoms with Gasteiger partial charge < -0.3 is 10.5 Å². The number of benzene rings is 1. The first kappa shape index (κ1) is 21.8. The Morgan fingerprint density at radius 2 is 2.00 bits per heavy atom. The van der Waals surface area contributed by atoms with Crippen molar-refractivity contribution in [3.8, 4) is 6.07 Å². The van der Waals surface area contributed by atoms with E-state index in [1.54, 1.807) is 19.2 Å². The van der Waals surface area contributed by atoms with Gasteiger partial charge in [0.05, 0.1) is 24.3 Å². The van der Waals surface area contributed by atoms with Crippen molar-refractivity contribution in [3.63, 3.8) is 0 Å². The summed E-state index contributed by atoms with van der Waals surface area (Å²) in [7, 11) is 1.73. The summed E-state index contributed by atoms with van der Waals surface area (Å²) in [5, 5.41) is 9.50. The van der Waals surface area contributed by atoms with Gasteiger partial charge in [0.1, 0.15) is 5.67 Å². The summed E-state index contributed by atoms with van der Waals surface area (Å²) in [6.07, 6.45) is 2.25. The van der Waals surface area contributed by atoms with Crippen LogP contribution in [0.15, 0.2) is 23.2 Å². The standard InChI is InChI=1S/C24H31FN4O2/c1-14-9-23(10-15(2)19(14)31-5)11-17-7-6-16(12-26)8-18(17)24(23)20(30)29(21(27)28-24)13-22(3,4)25/h6-8,14-15,19H,9-11,13H2,1-5H3,(H2,27,28)/t14-,15+,19?,23?,24-/m1/s1. The number of nitrogens with two attached hydrogens (primary N) is 1. The van der Waals surface area contributed by atoms with Crippen molar-refractivity contribution in [2.75, 3.05) is 13.7 Å². The lowest BCUT2D eigenvalue weighted by molar-refractivity contribution is -0.143. The second-order valence-corrected chi connectivity index (χ2v) is 10.3. The fourth-order valence-corrected chi connectivity index (χ4v) is 6.56. The highest BCUT2D eigenvalue weighted by molar-refractivity contribution is 6.08. The van der Waals surface area contributed by atoms with E-state index in [-0.39, 0.29) is 36.4 Å². The molecule has 1 saturated carbocycles. The molecule has 1 amide bonds. The average Bonchev–Trinajstić information content (AvgIpc) is 3.07. The van der Waals surface area contributed by atoms with Gasteiger partial charge in [-0.25, -0.2) is 9.38 Å². The molecule has 0 bridgehead atoms. The Morgan fingerprint density at radius 1 is 1.35 bits per heavy atom. The molecular weight excluding hydrogens is 395 g/mol. The Labute approximate surface area is 183 Å². The number of rotatable bonds is 3. The number of nitrogens with zero attached hydrogens (tertiary/aromatic N) is 3. The van der Waals surface area contributed by atoms with Crippen molar-refractivity contribution in [3.05, 3.63) is 34.9 Å². The van der Waals surface area contributed by atoms with Gasteiger partial charge in [-0.15, -0.1) is 0 Å². The summed E-state index contributed by atoms with van der Waals surface area (Å²) in [6, 6.07) is 7.68. The van der Waals surface area contributed by atoms with Crippen LogP contribution in [0, 0.1) is 28.6 Å². The molecule has 4 rings (SSSR count). The predicted molar refractivity (Wildman–Crippen MR) is 116 cm³/mol. The summed E-state index contributed by atoms with van der Waals surface area (Å²) >= 11 is 0. The van der Waals surface area contributed by atoms with Crippen LogP contribution in [-0.2, 0) is 21.5 Å². The van der Waals surface area contributed by atoms with E-state index >= 15 is 0 Å². The number of methoxy groups -OCH3 is 1. The van der Waals surface area contributed by atoms with Crippen LogP contribution in [0.3, 0.4) is 0 Å². The lowest BCUT2D eigenvalue weighted by atomic mass is 9.56. The van der Waals surface area contributed by atoms with Gasteiger partial charge in [-0.2, -0.15) is 5.26 Å². The molecule has 0 aromatic heterocycles. The number of carbonyl (C=O) groups excluding carboxylic acids is 1. The van der Waals surface area contributed by atoms with Crippen LogP contribution in [0.4, 0.5) is 4.39 Å². The number of alkyl halides is 1. The van der Waals surface area contributed by atoms with Gasteiger partial charge in [0.15, 0.2) is 11.5 Å². The fourth-order valence-electron chi connectivity index (χ4n) is 6.56. The Kier molecular flexibility index (Phi) is 4.93. The molecule has 2 spiro atoms. The van der Waals surface area contributed by atoms with Crippen LogP contribution < -0.4 is 5.73 Å². The molecule has 1 heterocycles. The van der Waals surface area contributed by atoms with Crippen LogP contribution in [0.2, 0.25) is 0 Å². The summed E-state index contributed by atoms with van der Waals surface area (Å²) in [4.78, 5) is 20.2. The van der Waals surface area contributed by atoms with Crippen molar-refractivity contribution < 1.29 is 13.9 Å². The fraction of sp³-hybridized carbons (Fsp3) is 0.625. The highest BCUT2D eigenvalue weighted by Crippen LogP contribution is 2.63. The van der Waals surface area contributed by atoms with E-state index in [0.717, 1.165) is 24.0 Å². The number of hydrogen-bond acceptors (Lipinski definition) is 5. The largest absolute Gasteiger partial charge is 0.381 e. The molecule has 166 valence electrons. The van der Waals surface area contributed by atoms with E-state index in [1.165, 1.54) is 18.7 Å². The zero-order valence-corrected chi connectivity index (χ0v) is 18.9. The van der Waals surface area contributed by atoms with Crippen LogP contribution in [0.5, 0.6) is 0 Å². The Balaban J connectivity index is 1.91. The van der Waals surface area contributed by atoms with Gasteiger partial charge in [0, 0.05) is 12.5 Å². The number of halogens is 1. The SMILES string of the molecule is COC1[C@H](C)CC2(Cc3ccc(C#N)cc3[C@]23N=C(N)N(CC(C)(C)F)C3=O)C[C@@H]1C. The van der Waals surface area contributed by atoms with Crippen molar-refractivity contribution in [1.29, 1.82) is 5.26 Å². The van der Waals surface area contributed by atoms with Gasteiger partial charge in [-0.3, -0.25) is 9.69 Å². The highest BCUT2D eigenvalue weighted by Gasteiger charge is 2.68. The molecular formula is C24H31FN4O2. The third-order valence-corrected chi connectivity index (χ3v) is 7.39.